The smallest absolute Gasteiger partial charge is 0.223 e. The highest BCUT2D eigenvalue weighted by molar-refractivity contribution is 9.09. The number of carbonyl (C=O) groups excluding carboxylic acids is 1. The molecule has 0 saturated heterocycles. The molecule has 0 heterocycles. The van der Waals surface area contributed by atoms with E-state index in [9.17, 15) is 4.79 Å². The molecule has 2 nitrogen and oxygen atoms in total. The van der Waals surface area contributed by atoms with E-state index in [-0.39, 0.29) is 0 Å². The number of hydrogen-bond donors (Lipinski definition) is 1. The third kappa shape index (κ3) is 2.25. The van der Waals surface area contributed by atoms with E-state index in [1.165, 1.54) is 6.42 Å². The van der Waals surface area contributed by atoms with E-state index in [0.29, 0.717) is 11.8 Å². The first kappa shape index (κ1) is 9.50. The van der Waals surface area contributed by atoms with Crippen LogP contribution >= 0.6 is 15.9 Å². The molecule has 0 aliphatic heterocycles. The summed E-state index contributed by atoms with van der Waals surface area (Å²) in [4.78, 5) is 11.6. The summed E-state index contributed by atoms with van der Waals surface area (Å²) in [6, 6.07) is 0. The minimum atomic E-state index is 0.299. The lowest BCUT2D eigenvalue weighted by Crippen LogP contribution is -2.30. The summed E-state index contributed by atoms with van der Waals surface area (Å²) >= 11 is 3.35. The molecule has 2 fully saturated rings. The largest absolute Gasteiger partial charge is 0.356 e. The number of carbonyl (C=O) groups is 1. The topological polar surface area (TPSA) is 29.1 Å². The van der Waals surface area contributed by atoms with Crippen LogP contribution < -0.4 is 5.32 Å². The maximum atomic E-state index is 11.6. The summed E-state index contributed by atoms with van der Waals surface area (Å²) < 4.78 is 0. The van der Waals surface area contributed by atoms with Crippen molar-refractivity contribution in [3.05, 3.63) is 0 Å². The monoisotopic (exact) mass is 245 g/mol. The van der Waals surface area contributed by atoms with Gasteiger partial charge in [-0.15, -0.1) is 0 Å². The predicted molar refractivity (Wildman–Crippen MR) is 55.7 cm³/mol. The fourth-order valence-corrected chi connectivity index (χ4v) is 2.63. The van der Waals surface area contributed by atoms with Gasteiger partial charge in [0.1, 0.15) is 0 Å². The van der Waals surface area contributed by atoms with Gasteiger partial charge in [-0.3, -0.25) is 4.79 Å². The molecule has 2 aliphatic carbocycles. The third-order valence-electron chi connectivity index (χ3n) is 3.22. The number of nitrogens with one attached hydrogen (secondary N) is 1. The number of amides is 1. The Kier molecular flexibility index (Phi) is 2.92. The van der Waals surface area contributed by atoms with Crippen molar-refractivity contribution < 1.29 is 4.79 Å². The fraction of sp³-hybridized carbons (Fsp3) is 0.900. The fourth-order valence-electron chi connectivity index (χ4n) is 2.35. The summed E-state index contributed by atoms with van der Waals surface area (Å²) in [5.41, 5.74) is 0. The quantitative estimate of drug-likeness (QED) is 0.596. The van der Waals surface area contributed by atoms with Gasteiger partial charge in [0.15, 0.2) is 0 Å². The lowest BCUT2D eigenvalue weighted by atomic mass is 10.0. The molecule has 13 heavy (non-hydrogen) atoms. The first-order chi connectivity index (χ1) is 6.31. The van der Waals surface area contributed by atoms with Gasteiger partial charge >= 0.3 is 0 Å². The second-order valence-corrected chi connectivity index (χ2v) is 5.05. The summed E-state index contributed by atoms with van der Waals surface area (Å²) in [6.07, 6.45) is 4.74. The van der Waals surface area contributed by atoms with Crippen LogP contribution in [0.1, 0.15) is 25.7 Å². The molecule has 1 amide bonds. The van der Waals surface area contributed by atoms with Crippen molar-refractivity contribution in [1.82, 2.24) is 5.32 Å². The third-order valence-corrected chi connectivity index (χ3v) is 3.78. The number of alkyl halides is 1. The van der Waals surface area contributed by atoms with Crippen LogP contribution in [0, 0.1) is 17.8 Å². The lowest BCUT2D eigenvalue weighted by molar-refractivity contribution is -0.125. The van der Waals surface area contributed by atoms with Gasteiger partial charge in [-0.1, -0.05) is 15.9 Å². The van der Waals surface area contributed by atoms with E-state index in [0.717, 1.165) is 43.0 Å². The van der Waals surface area contributed by atoms with Crippen molar-refractivity contribution in [3.63, 3.8) is 0 Å². The van der Waals surface area contributed by atoms with E-state index in [1.807, 2.05) is 0 Å². The molecule has 0 aromatic heterocycles. The highest BCUT2D eigenvalue weighted by Crippen LogP contribution is 2.54. The molecule has 2 rings (SSSR count). The average molecular weight is 246 g/mol. The Morgan fingerprint density at radius 2 is 2.00 bits per heavy atom. The normalized spacial score (nSPS) is 35.6. The lowest BCUT2D eigenvalue weighted by Gasteiger charge is -2.11. The van der Waals surface area contributed by atoms with Gasteiger partial charge in [0.25, 0.3) is 0 Å². The Hall–Kier alpha value is -0.0500. The number of fused-ring (bicyclic) bond motifs is 1. The van der Waals surface area contributed by atoms with E-state index >= 15 is 0 Å². The summed E-state index contributed by atoms with van der Waals surface area (Å²) in [7, 11) is 0. The van der Waals surface area contributed by atoms with Crippen molar-refractivity contribution in [2.24, 2.45) is 17.8 Å². The Balaban J connectivity index is 1.66. The number of rotatable bonds is 4. The van der Waals surface area contributed by atoms with E-state index in [2.05, 4.69) is 21.2 Å². The average Bonchev–Trinajstić information content (AvgIpc) is 2.74. The molecule has 2 atom stereocenters. The molecular formula is C10H16BrNO. The molecule has 0 aromatic carbocycles. The zero-order chi connectivity index (χ0) is 9.26. The van der Waals surface area contributed by atoms with Crippen LogP contribution in [-0.4, -0.2) is 17.8 Å². The maximum Gasteiger partial charge on any atom is 0.223 e. The van der Waals surface area contributed by atoms with Crippen LogP contribution in [0.2, 0.25) is 0 Å². The summed E-state index contributed by atoms with van der Waals surface area (Å²) in [5.74, 6) is 2.46. The van der Waals surface area contributed by atoms with Gasteiger partial charge in [0, 0.05) is 17.8 Å². The Morgan fingerprint density at radius 3 is 2.62 bits per heavy atom. The van der Waals surface area contributed by atoms with Crippen molar-refractivity contribution in [2.75, 3.05) is 11.9 Å². The Labute approximate surface area is 87.6 Å². The SMILES string of the molecule is O=C(NCCCBr)C1CC2CC2C1. The first-order valence-corrected chi connectivity index (χ1v) is 6.27. The van der Waals surface area contributed by atoms with E-state index in [4.69, 9.17) is 0 Å². The van der Waals surface area contributed by atoms with Crippen LogP contribution in [0.4, 0.5) is 0 Å². The summed E-state index contributed by atoms with van der Waals surface area (Å²) in [6.45, 7) is 0.829. The first-order valence-electron chi connectivity index (χ1n) is 5.15. The highest BCUT2D eigenvalue weighted by atomic mass is 79.9. The number of hydrogen-bond acceptors (Lipinski definition) is 1. The second-order valence-electron chi connectivity index (χ2n) is 4.26. The minimum absolute atomic E-state index is 0.299. The second kappa shape index (κ2) is 3.99. The molecule has 0 spiro atoms. The molecule has 74 valence electrons. The maximum absolute atomic E-state index is 11.6. The molecule has 0 aromatic rings. The minimum Gasteiger partial charge on any atom is -0.356 e. The standard InChI is InChI=1S/C10H16BrNO/c11-2-1-3-12-10(13)9-5-7-4-8(7)6-9/h7-9H,1-6H2,(H,12,13). The molecule has 2 unspecified atom stereocenters. The number of halogens is 1. The molecule has 3 heteroatoms. The van der Waals surface area contributed by atoms with Gasteiger partial charge < -0.3 is 5.32 Å². The van der Waals surface area contributed by atoms with Crippen LogP contribution in [0.3, 0.4) is 0 Å². The van der Waals surface area contributed by atoms with Gasteiger partial charge in [-0.2, -0.15) is 0 Å². The Morgan fingerprint density at radius 1 is 1.31 bits per heavy atom. The van der Waals surface area contributed by atoms with Crippen molar-refractivity contribution in [3.8, 4) is 0 Å². The van der Waals surface area contributed by atoms with Crippen molar-refractivity contribution >= 4 is 21.8 Å². The molecule has 2 saturated carbocycles. The van der Waals surface area contributed by atoms with Gasteiger partial charge in [-0.05, 0) is 37.5 Å². The van der Waals surface area contributed by atoms with E-state index in [1.54, 1.807) is 0 Å². The van der Waals surface area contributed by atoms with Crippen LogP contribution in [-0.2, 0) is 4.79 Å². The van der Waals surface area contributed by atoms with Crippen molar-refractivity contribution in [2.45, 2.75) is 25.7 Å². The zero-order valence-corrected chi connectivity index (χ0v) is 9.35. The molecule has 2 aliphatic rings. The molecular weight excluding hydrogens is 230 g/mol. The molecule has 0 bridgehead atoms. The molecule has 1 N–H and O–H groups in total. The van der Waals surface area contributed by atoms with Crippen LogP contribution in [0.25, 0.3) is 0 Å². The van der Waals surface area contributed by atoms with Gasteiger partial charge in [0.05, 0.1) is 0 Å². The van der Waals surface area contributed by atoms with Crippen LogP contribution in [0.5, 0.6) is 0 Å². The zero-order valence-electron chi connectivity index (χ0n) is 7.76. The van der Waals surface area contributed by atoms with Crippen LogP contribution in [0.15, 0.2) is 0 Å². The Bertz CT molecular complexity index is 197. The highest BCUT2D eigenvalue weighted by Gasteiger charge is 2.47. The van der Waals surface area contributed by atoms with E-state index < -0.39 is 0 Å². The summed E-state index contributed by atoms with van der Waals surface area (Å²) in [5, 5.41) is 3.97. The molecule has 0 radical (unpaired) electrons. The van der Waals surface area contributed by atoms with Gasteiger partial charge in [-0.25, -0.2) is 0 Å². The predicted octanol–water partition coefficient (Wildman–Crippen LogP) is 1.93. The van der Waals surface area contributed by atoms with Crippen molar-refractivity contribution in [1.29, 1.82) is 0 Å². The van der Waals surface area contributed by atoms with Gasteiger partial charge in [0.2, 0.25) is 5.91 Å².